The van der Waals surface area contributed by atoms with E-state index in [4.69, 9.17) is 10.5 Å². The van der Waals surface area contributed by atoms with Crippen LogP contribution >= 0.6 is 0 Å². The molecule has 0 saturated carbocycles. The van der Waals surface area contributed by atoms with Crippen molar-refractivity contribution in [3.63, 3.8) is 0 Å². The van der Waals surface area contributed by atoms with Gasteiger partial charge in [0.15, 0.2) is 0 Å². The molecule has 0 bridgehead atoms. The Balaban J connectivity index is 1.97. The van der Waals surface area contributed by atoms with Gasteiger partial charge in [-0.1, -0.05) is 30.3 Å². The molecule has 1 fully saturated rings. The van der Waals surface area contributed by atoms with Gasteiger partial charge in [-0.05, 0) is 38.7 Å². The number of alkyl carbamates (subject to hydrolysis) is 1. The minimum Gasteiger partial charge on any atom is -0.444 e. The van der Waals surface area contributed by atoms with Gasteiger partial charge in [0.1, 0.15) is 5.60 Å². The molecule has 1 aromatic rings. The average molecular weight is 347 g/mol. The van der Waals surface area contributed by atoms with Crippen LogP contribution in [0, 0.1) is 5.92 Å². The van der Waals surface area contributed by atoms with E-state index in [1.807, 2.05) is 39.0 Å². The Morgan fingerprint density at radius 1 is 1.24 bits per heavy atom. The molecule has 1 saturated heterocycles. The summed E-state index contributed by atoms with van der Waals surface area (Å²) in [5.74, 6) is -0.124. The summed E-state index contributed by atoms with van der Waals surface area (Å²) in [5.41, 5.74) is 5.99. The quantitative estimate of drug-likeness (QED) is 0.827. The summed E-state index contributed by atoms with van der Waals surface area (Å²) >= 11 is 0. The Morgan fingerprint density at radius 2 is 1.92 bits per heavy atom. The van der Waals surface area contributed by atoms with Crippen molar-refractivity contribution in [3.8, 4) is 0 Å². The van der Waals surface area contributed by atoms with Crippen molar-refractivity contribution in [3.05, 3.63) is 35.9 Å². The first-order chi connectivity index (χ1) is 11.7. The molecule has 0 unspecified atom stereocenters. The van der Waals surface area contributed by atoms with Gasteiger partial charge in [-0.2, -0.15) is 0 Å². The zero-order chi connectivity index (χ0) is 18.4. The normalized spacial score (nSPS) is 21.1. The number of nitrogens with one attached hydrogen (secondary N) is 1. The first kappa shape index (κ1) is 19.2. The maximum atomic E-state index is 12.1. The van der Waals surface area contributed by atoms with Crippen LogP contribution in [0.15, 0.2) is 30.3 Å². The highest BCUT2D eigenvalue weighted by atomic mass is 16.6. The van der Waals surface area contributed by atoms with Gasteiger partial charge >= 0.3 is 6.09 Å². The van der Waals surface area contributed by atoms with Gasteiger partial charge < -0.3 is 15.8 Å². The number of ether oxygens (including phenoxy) is 1. The van der Waals surface area contributed by atoms with Crippen molar-refractivity contribution in [2.45, 2.75) is 51.8 Å². The monoisotopic (exact) mass is 347 g/mol. The summed E-state index contributed by atoms with van der Waals surface area (Å²) in [7, 11) is 0. The summed E-state index contributed by atoms with van der Waals surface area (Å²) in [4.78, 5) is 25.6. The van der Waals surface area contributed by atoms with Crippen molar-refractivity contribution in [2.24, 2.45) is 11.7 Å². The highest BCUT2D eigenvalue weighted by Crippen LogP contribution is 2.24. The summed E-state index contributed by atoms with van der Waals surface area (Å²) < 4.78 is 5.37. The third-order valence-corrected chi connectivity index (χ3v) is 4.23. The second-order valence-electron chi connectivity index (χ2n) is 7.70. The van der Waals surface area contributed by atoms with Gasteiger partial charge in [-0.15, -0.1) is 0 Å². The number of rotatable bonds is 6. The Kier molecular flexibility index (Phi) is 6.42. The van der Waals surface area contributed by atoms with Crippen LogP contribution in [-0.2, 0) is 16.1 Å². The Hall–Kier alpha value is -2.08. The molecular weight excluding hydrogens is 318 g/mol. The van der Waals surface area contributed by atoms with Crippen LogP contribution in [-0.4, -0.2) is 41.6 Å². The molecule has 1 aliphatic heterocycles. The lowest BCUT2D eigenvalue weighted by Gasteiger charge is -2.24. The van der Waals surface area contributed by atoms with E-state index in [0.29, 0.717) is 12.8 Å². The smallest absolute Gasteiger partial charge is 0.407 e. The van der Waals surface area contributed by atoms with Crippen molar-refractivity contribution < 1.29 is 14.3 Å². The first-order valence-electron chi connectivity index (χ1n) is 8.77. The van der Waals surface area contributed by atoms with Crippen LogP contribution in [0.2, 0.25) is 0 Å². The largest absolute Gasteiger partial charge is 0.444 e. The highest BCUT2D eigenvalue weighted by molar-refractivity contribution is 5.73. The molecule has 25 heavy (non-hydrogen) atoms. The van der Waals surface area contributed by atoms with Crippen LogP contribution in [0.5, 0.6) is 0 Å². The zero-order valence-corrected chi connectivity index (χ0v) is 15.3. The fourth-order valence-corrected chi connectivity index (χ4v) is 3.17. The number of benzene rings is 1. The van der Waals surface area contributed by atoms with Gasteiger partial charge in [-0.3, -0.25) is 9.69 Å². The fraction of sp³-hybridized carbons (Fsp3) is 0.579. The summed E-state index contributed by atoms with van der Waals surface area (Å²) in [6.07, 6.45) is 0.584. The molecule has 1 aliphatic rings. The fourth-order valence-electron chi connectivity index (χ4n) is 3.17. The maximum Gasteiger partial charge on any atom is 0.407 e. The van der Waals surface area contributed by atoms with E-state index >= 15 is 0 Å². The number of hydrogen-bond donors (Lipinski definition) is 2. The van der Waals surface area contributed by atoms with Crippen LogP contribution in [0.4, 0.5) is 4.79 Å². The lowest BCUT2D eigenvalue weighted by atomic mass is 9.98. The van der Waals surface area contributed by atoms with E-state index in [9.17, 15) is 9.59 Å². The van der Waals surface area contributed by atoms with Gasteiger partial charge in [0.05, 0.1) is 0 Å². The zero-order valence-electron chi connectivity index (χ0n) is 15.3. The number of amides is 2. The number of primary amides is 1. The second-order valence-corrected chi connectivity index (χ2v) is 7.70. The van der Waals surface area contributed by atoms with Crippen molar-refractivity contribution in [2.75, 3.05) is 13.1 Å². The molecule has 1 aromatic carbocycles. The Labute approximate surface area is 149 Å². The molecule has 0 aliphatic carbocycles. The van der Waals surface area contributed by atoms with Gasteiger partial charge in [0.2, 0.25) is 5.91 Å². The molecule has 0 spiro atoms. The van der Waals surface area contributed by atoms with E-state index in [-0.39, 0.29) is 17.9 Å². The Bertz CT molecular complexity index is 583. The molecule has 6 heteroatoms. The molecule has 3 N–H and O–H groups in total. The third kappa shape index (κ3) is 6.74. The molecule has 0 aromatic heterocycles. The molecular formula is C19H29N3O3. The van der Waals surface area contributed by atoms with Crippen molar-refractivity contribution in [1.29, 1.82) is 0 Å². The predicted molar refractivity (Wildman–Crippen MR) is 96.8 cm³/mol. The van der Waals surface area contributed by atoms with E-state index in [1.165, 1.54) is 5.56 Å². The van der Waals surface area contributed by atoms with E-state index < -0.39 is 11.7 Å². The van der Waals surface area contributed by atoms with Gasteiger partial charge in [0, 0.05) is 32.1 Å². The van der Waals surface area contributed by atoms with Crippen molar-refractivity contribution >= 4 is 12.0 Å². The van der Waals surface area contributed by atoms with Crippen molar-refractivity contribution in [1.82, 2.24) is 10.2 Å². The van der Waals surface area contributed by atoms with Crippen LogP contribution in [0.25, 0.3) is 0 Å². The minimum absolute atomic E-state index is 0.0436. The average Bonchev–Trinajstić information content (AvgIpc) is 2.85. The number of carbonyl (C=O) groups excluding carboxylic acids is 2. The molecule has 138 valence electrons. The van der Waals surface area contributed by atoms with Gasteiger partial charge in [-0.25, -0.2) is 4.79 Å². The number of carbonyl (C=O) groups is 2. The summed E-state index contributed by atoms with van der Waals surface area (Å²) in [6.45, 7) is 7.90. The molecule has 0 radical (unpaired) electrons. The first-order valence-corrected chi connectivity index (χ1v) is 8.77. The second kappa shape index (κ2) is 8.34. The SMILES string of the molecule is CC(C)(C)OC(=O)N[C@H]1CN(Cc2ccccc2)C[C@H]1CCC(N)=O. The number of likely N-dealkylation sites (tertiary alicyclic amines) is 1. The standard InChI is InChI=1S/C19H29N3O3/c1-19(2,3)25-18(24)21-16-13-22(11-14-7-5-4-6-8-14)12-15(16)9-10-17(20)23/h4-8,15-16H,9-13H2,1-3H3,(H2,20,23)(H,21,24)/t15-,16+/m1/s1. The van der Waals surface area contributed by atoms with E-state index in [1.54, 1.807) is 0 Å². The summed E-state index contributed by atoms with van der Waals surface area (Å²) in [5, 5.41) is 2.97. The number of nitrogens with two attached hydrogens (primary N) is 1. The molecule has 6 nitrogen and oxygen atoms in total. The molecule has 2 amide bonds. The molecule has 2 rings (SSSR count). The van der Waals surface area contributed by atoms with Crippen LogP contribution in [0.3, 0.4) is 0 Å². The van der Waals surface area contributed by atoms with Crippen LogP contribution < -0.4 is 11.1 Å². The number of nitrogens with zero attached hydrogens (tertiary/aromatic N) is 1. The lowest BCUT2D eigenvalue weighted by molar-refractivity contribution is -0.118. The summed E-state index contributed by atoms with van der Waals surface area (Å²) in [6, 6.07) is 10.2. The Morgan fingerprint density at radius 3 is 2.52 bits per heavy atom. The predicted octanol–water partition coefficient (Wildman–Crippen LogP) is 2.28. The van der Waals surface area contributed by atoms with Gasteiger partial charge in [0.25, 0.3) is 0 Å². The third-order valence-electron chi connectivity index (χ3n) is 4.23. The minimum atomic E-state index is -0.533. The highest BCUT2D eigenvalue weighted by Gasteiger charge is 2.34. The van der Waals surface area contributed by atoms with E-state index in [0.717, 1.165) is 19.6 Å². The molecule has 1 heterocycles. The van der Waals surface area contributed by atoms with Crippen LogP contribution in [0.1, 0.15) is 39.2 Å². The molecule has 2 atom stereocenters. The number of hydrogen-bond acceptors (Lipinski definition) is 4. The van der Waals surface area contributed by atoms with E-state index in [2.05, 4.69) is 22.3 Å². The maximum absolute atomic E-state index is 12.1. The lowest BCUT2D eigenvalue weighted by Crippen LogP contribution is -2.43. The topological polar surface area (TPSA) is 84.7 Å².